The first-order chi connectivity index (χ1) is 8.21. The van der Waals surface area contributed by atoms with E-state index in [0.29, 0.717) is 5.56 Å². The number of hydrazine groups is 1. The summed E-state index contributed by atoms with van der Waals surface area (Å²) in [6.07, 6.45) is 0. The zero-order chi connectivity index (χ0) is 14.1. The number of benzene rings is 1. The summed E-state index contributed by atoms with van der Waals surface area (Å²) in [4.78, 5) is 11.5. The minimum Gasteiger partial charge on any atom is -0.398 e. The van der Waals surface area contributed by atoms with E-state index in [1.807, 2.05) is 5.43 Å². The molecule has 1 amide bonds. The van der Waals surface area contributed by atoms with E-state index in [4.69, 9.17) is 11.6 Å². The smallest absolute Gasteiger partial charge is 0.267 e. The van der Waals surface area contributed by atoms with Crippen LogP contribution < -0.4 is 17.0 Å². The van der Waals surface area contributed by atoms with E-state index in [2.05, 4.69) is 0 Å². The van der Waals surface area contributed by atoms with E-state index in [1.165, 1.54) is 26.2 Å². The second-order valence-corrected chi connectivity index (χ2v) is 6.11. The number of nitrogens with two attached hydrogens (primary N) is 2. The Morgan fingerprint density at radius 2 is 1.89 bits per heavy atom. The molecule has 0 aliphatic rings. The molecule has 18 heavy (non-hydrogen) atoms. The van der Waals surface area contributed by atoms with Gasteiger partial charge < -0.3 is 5.73 Å². The van der Waals surface area contributed by atoms with Gasteiger partial charge >= 0.3 is 0 Å². The number of sulfonamides is 1. The molecule has 1 rings (SSSR count). The van der Waals surface area contributed by atoms with Crippen molar-refractivity contribution in [2.24, 2.45) is 5.84 Å². The van der Waals surface area contributed by atoms with E-state index in [0.717, 1.165) is 4.31 Å². The number of carbonyl (C=O) groups is 1. The molecule has 1 aromatic carbocycles. The van der Waals surface area contributed by atoms with Gasteiger partial charge in [-0.3, -0.25) is 10.2 Å². The van der Waals surface area contributed by atoms with E-state index < -0.39 is 15.9 Å². The maximum Gasteiger partial charge on any atom is 0.267 e. The van der Waals surface area contributed by atoms with Crippen LogP contribution in [0, 0.1) is 6.92 Å². The number of rotatable bonds is 3. The summed E-state index contributed by atoms with van der Waals surface area (Å²) in [6.45, 7) is 1.62. The average molecular weight is 272 g/mol. The molecule has 8 heteroatoms. The molecule has 7 nitrogen and oxygen atoms in total. The van der Waals surface area contributed by atoms with Crippen LogP contribution in [0.15, 0.2) is 17.0 Å². The van der Waals surface area contributed by atoms with Crippen molar-refractivity contribution in [3.63, 3.8) is 0 Å². The van der Waals surface area contributed by atoms with Crippen molar-refractivity contribution < 1.29 is 13.2 Å². The number of nitrogens with zero attached hydrogens (tertiary/aromatic N) is 1. The molecule has 0 saturated carbocycles. The molecule has 0 unspecified atom stereocenters. The molecule has 0 atom stereocenters. The van der Waals surface area contributed by atoms with Crippen LogP contribution in [0.25, 0.3) is 0 Å². The Morgan fingerprint density at radius 1 is 1.33 bits per heavy atom. The number of hydrogen-bond donors (Lipinski definition) is 3. The Bertz CT molecular complexity index is 581. The fraction of sp³-hybridized carbons (Fsp3) is 0.300. The van der Waals surface area contributed by atoms with Crippen LogP contribution in [0.3, 0.4) is 0 Å². The number of carbonyl (C=O) groups excluding carboxylic acids is 1. The molecular weight excluding hydrogens is 256 g/mol. The lowest BCUT2D eigenvalue weighted by molar-refractivity contribution is 0.0954. The van der Waals surface area contributed by atoms with E-state index >= 15 is 0 Å². The summed E-state index contributed by atoms with van der Waals surface area (Å²) in [5.74, 6) is 4.39. The fourth-order valence-corrected chi connectivity index (χ4v) is 2.40. The molecular formula is C10H16N4O3S. The second-order valence-electron chi connectivity index (χ2n) is 3.96. The van der Waals surface area contributed by atoms with Crippen molar-refractivity contribution in [1.82, 2.24) is 9.73 Å². The predicted octanol–water partition coefficient (Wildman–Crippen LogP) is -0.569. The van der Waals surface area contributed by atoms with Crippen molar-refractivity contribution in [2.45, 2.75) is 11.8 Å². The Labute approximate surface area is 106 Å². The molecule has 0 radical (unpaired) electrons. The molecule has 0 aliphatic heterocycles. The van der Waals surface area contributed by atoms with Crippen molar-refractivity contribution in [3.8, 4) is 0 Å². The van der Waals surface area contributed by atoms with Crippen LogP contribution >= 0.6 is 0 Å². The lowest BCUT2D eigenvalue weighted by Gasteiger charge is -2.14. The highest BCUT2D eigenvalue weighted by molar-refractivity contribution is 7.89. The summed E-state index contributed by atoms with van der Waals surface area (Å²) in [7, 11) is -0.811. The van der Waals surface area contributed by atoms with Gasteiger partial charge in [0.25, 0.3) is 5.91 Å². The number of hydrogen-bond acceptors (Lipinski definition) is 5. The summed E-state index contributed by atoms with van der Waals surface area (Å²) in [6, 6.07) is 2.62. The Kier molecular flexibility index (Phi) is 3.95. The number of nitrogens with one attached hydrogen (secondary N) is 1. The van der Waals surface area contributed by atoms with Crippen molar-refractivity contribution in [2.75, 3.05) is 19.8 Å². The number of anilines is 1. The van der Waals surface area contributed by atoms with Crippen LogP contribution in [-0.2, 0) is 10.0 Å². The zero-order valence-corrected chi connectivity index (χ0v) is 11.2. The highest BCUT2D eigenvalue weighted by Crippen LogP contribution is 2.23. The van der Waals surface area contributed by atoms with Crippen molar-refractivity contribution in [1.29, 1.82) is 0 Å². The normalized spacial score (nSPS) is 11.6. The van der Waals surface area contributed by atoms with Gasteiger partial charge in [-0.05, 0) is 24.6 Å². The third kappa shape index (κ3) is 2.45. The SMILES string of the molecule is Cc1cc(S(=O)(=O)N(C)C)cc(C(=O)NN)c1N. The molecule has 0 heterocycles. The molecule has 0 spiro atoms. The van der Waals surface area contributed by atoms with Gasteiger partial charge in [0, 0.05) is 19.8 Å². The Hall–Kier alpha value is -1.64. The van der Waals surface area contributed by atoms with Crippen molar-refractivity contribution in [3.05, 3.63) is 23.3 Å². The Morgan fingerprint density at radius 3 is 2.33 bits per heavy atom. The highest BCUT2D eigenvalue weighted by atomic mass is 32.2. The summed E-state index contributed by atoms with van der Waals surface area (Å²) < 4.78 is 25.0. The zero-order valence-electron chi connectivity index (χ0n) is 10.4. The maximum atomic E-state index is 12.0. The van der Waals surface area contributed by atoms with E-state index in [-0.39, 0.29) is 16.1 Å². The van der Waals surface area contributed by atoms with Crippen LogP contribution in [0.2, 0.25) is 0 Å². The third-order valence-corrected chi connectivity index (χ3v) is 4.31. The van der Waals surface area contributed by atoms with Gasteiger partial charge in [-0.1, -0.05) is 0 Å². The lowest BCUT2D eigenvalue weighted by Crippen LogP contribution is -2.31. The molecule has 1 aromatic rings. The van der Waals surface area contributed by atoms with Crippen LogP contribution in [0.1, 0.15) is 15.9 Å². The van der Waals surface area contributed by atoms with Gasteiger partial charge in [0.1, 0.15) is 0 Å². The molecule has 0 aliphatic carbocycles. The lowest BCUT2D eigenvalue weighted by atomic mass is 10.1. The predicted molar refractivity (Wildman–Crippen MR) is 68.1 cm³/mol. The Balaban J connectivity index is 3.52. The third-order valence-electron chi connectivity index (χ3n) is 2.51. The van der Waals surface area contributed by atoms with Gasteiger partial charge in [-0.15, -0.1) is 0 Å². The monoisotopic (exact) mass is 272 g/mol. The number of aryl methyl sites for hydroxylation is 1. The summed E-state index contributed by atoms with van der Waals surface area (Å²) in [5.41, 5.74) is 8.39. The van der Waals surface area contributed by atoms with E-state index in [1.54, 1.807) is 6.92 Å². The summed E-state index contributed by atoms with van der Waals surface area (Å²) >= 11 is 0. The van der Waals surface area contributed by atoms with E-state index in [9.17, 15) is 13.2 Å². The van der Waals surface area contributed by atoms with Crippen LogP contribution in [-0.4, -0.2) is 32.7 Å². The first kappa shape index (κ1) is 14.4. The van der Waals surface area contributed by atoms with Gasteiger partial charge in [0.2, 0.25) is 10.0 Å². The fourth-order valence-electron chi connectivity index (χ4n) is 1.39. The minimum absolute atomic E-state index is 0.00204. The first-order valence-corrected chi connectivity index (χ1v) is 6.49. The molecule has 0 saturated heterocycles. The molecule has 100 valence electrons. The largest absolute Gasteiger partial charge is 0.398 e. The topological polar surface area (TPSA) is 119 Å². The summed E-state index contributed by atoms with van der Waals surface area (Å²) in [5, 5.41) is 0. The second kappa shape index (κ2) is 4.92. The van der Waals surface area contributed by atoms with Gasteiger partial charge in [0.05, 0.1) is 10.5 Å². The molecule has 5 N–H and O–H groups in total. The van der Waals surface area contributed by atoms with Crippen LogP contribution in [0.5, 0.6) is 0 Å². The number of nitrogen functional groups attached to an aromatic ring is 2. The van der Waals surface area contributed by atoms with Crippen LogP contribution in [0.4, 0.5) is 5.69 Å². The van der Waals surface area contributed by atoms with Gasteiger partial charge in [-0.2, -0.15) is 0 Å². The standard InChI is InChI=1S/C10H16N4O3S/c1-6-4-7(18(16,17)14(2)3)5-8(9(6)11)10(15)13-12/h4-5H,11-12H2,1-3H3,(H,13,15). The first-order valence-electron chi connectivity index (χ1n) is 5.05. The van der Waals surface area contributed by atoms with Crippen molar-refractivity contribution >= 4 is 21.6 Å². The molecule has 0 bridgehead atoms. The number of amides is 1. The average Bonchev–Trinajstić information content (AvgIpc) is 2.31. The molecule has 0 aromatic heterocycles. The minimum atomic E-state index is -3.62. The molecule has 0 fully saturated rings. The van der Waals surface area contributed by atoms with Gasteiger partial charge in [-0.25, -0.2) is 18.6 Å². The highest BCUT2D eigenvalue weighted by Gasteiger charge is 2.21. The van der Waals surface area contributed by atoms with Gasteiger partial charge in [0.15, 0.2) is 0 Å². The quantitative estimate of drug-likeness (QED) is 0.295. The maximum absolute atomic E-state index is 12.0.